The summed E-state index contributed by atoms with van der Waals surface area (Å²) in [6.45, 7) is 6.52. The second-order valence-electron chi connectivity index (χ2n) is 7.02. The summed E-state index contributed by atoms with van der Waals surface area (Å²) in [5.41, 5.74) is 0.947. The SMILES string of the molecule is CC(C)Cn1c(SC(C)C(=O)Nc2ccccc2Cl)nnc1-c1ccccc1F. The topological polar surface area (TPSA) is 59.8 Å². The van der Waals surface area contributed by atoms with E-state index in [1.165, 1.54) is 17.8 Å². The molecule has 8 heteroatoms. The highest BCUT2D eigenvalue weighted by Crippen LogP contribution is 2.30. The number of halogens is 2. The Labute approximate surface area is 178 Å². The van der Waals surface area contributed by atoms with Crippen molar-refractivity contribution >= 4 is 35.0 Å². The van der Waals surface area contributed by atoms with Gasteiger partial charge in [-0.3, -0.25) is 4.79 Å². The van der Waals surface area contributed by atoms with Gasteiger partial charge in [0.25, 0.3) is 0 Å². The Bertz CT molecular complexity index is 1010. The average molecular weight is 433 g/mol. The first-order valence-corrected chi connectivity index (χ1v) is 10.5. The minimum atomic E-state index is -0.449. The maximum atomic E-state index is 14.3. The molecule has 2 aromatic carbocycles. The lowest BCUT2D eigenvalue weighted by molar-refractivity contribution is -0.115. The van der Waals surface area contributed by atoms with Crippen LogP contribution >= 0.6 is 23.4 Å². The van der Waals surface area contributed by atoms with Crippen molar-refractivity contribution in [1.82, 2.24) is 14.8 Å². The van der Waals surface area contributed by atoms with Crippen molar-refractivity contribution in [2.45, 2.75) is 37.7 Å². The first-order valence-electron chi connectivity index (χ1n) is 9.27. The third kappa shape index (κ3) is 5.16. The highest BCUT2D eigenvalue weighted by Gasteiger charge is 2.23. The van der Waals surface area contributed by atoms with Crippen LogP contribution in [-0.2, 0) is 11.3 Å². The van der Waals surface area contributed by atoms with E-state index in [2.05, 4.69) is 29.4 Å². The molecular formula is C21H22ClFN4OS. The van der Waals surface area contributed by atoms with Gasteiger partial charge in [-0.1, -0.05) is 61.5 Å². The maximum Gasteiger partial charge on any atom is 0.237 e. The predicted molar refractivity (Wildman–Crippen MR) is 116 cm³/mol. The molecule has 0 aliphatic heterocycles. The molecule has 3 aromatic rings. The summed E-state index contributed by atoms with van der Waals surface area (Å²) in [5, 5.41) is 11.9. The molecule has 1 unspecified atom stereocenters. The molecule has 29 heavy (non-hydrogen) atoms. The molecule has 152 valence electrons. The van der Waals surface area contributed by atoms with Crippen molar-refractivity contribution in [2.75, 3.05) is 5.32 Å². The quantitative estimate of drug-likeness (QED) is 0.500. The molecule has 0 bridgehead atoms. The monoisotopic (exact) mass is 432 g/mol. The molecule has 0 spiro atoms. The van der Waals surface area contributed by atoms with Gasteiger partial charge in [0.2, 0.25) is 5.91 Å². The Balaban J connectivity index is 1.84. The molecule has 1 amide bonds. The van der Waals surface area contributed by atoms with Gasteiger partial charge < -0.3 is 9.88 Å². The van der Waals surface area contributed by atoms with Gasteiger partial charge in [-0.15, -0.1) is 10.2 Å². The van der Waals surface area contributed by atoms with E-state index >= 15 is 0 Å². The van der Waals surface area contributed by atoms with E-state index in [0.29, 0.717) is 39.7 Å². The zero-order chi connectivity index (χ0) is 21.0. The average Bonchev–Trinajstić information content (AvgIpc) is 3.05. The van der Waals surface area contributed by atoms with Gasteiger partial charge in [0, 0.05) is 6.54 Å². The number of carbonyl (C=O) groups excluding carboxylic acids is 1. The van der Waals surface area contributed by atoms with Gasteiger partial charge in [-0.2, -0.15) is 0 Å². The van der Waals surface area contributed by atoms with Crippen molar-refractivity contribution < 1.29 is 9.18 Å². The second kappa shape index (κ2) is 9.41. The highest BCUT2D eigenvalue weighted by molar-refractivity contribution is 8.00. The summed E-state index contributed by atoms with van der Waals surface area (Å²) in [7, 11) is 0. The number of amides is 1. The maximum absolute atomic E-state index is 14.3. The van der Waals surface area contributed by atoms with Crippen LogP contribution in [0.1, 0.15) is 20.8 Å². The van der Waals surface area contributed by atoms with Crippen LogP contribution in [0.3, 0.4) is 0 Å². The normalized spacial score (nSPS) is 12.2. The van der Waals surface area contributed by atoms with Crippen LogP contribution in [0, 0.1) is 11.7 Å². The molecular weight excluding hydrogens is 411 g/mol. The van der Waals surface area contributed by atoms with Crippen LogP contribution in [0.4, 0.5) is 10.1 Å². The Morgan fingerprint density at radius 1 is 1.14 bits per heavy atom. The number of aromatic nitrogens is 3. The fourth-order valence-corrected chi connectivity index (χ4v) is 3.80. The molecule has 0 aliphatic rings. The zero-order valence-corrected chi connectivity index (χ0v) is 18.0. The van der Waals surface area contributed by atoms with Crippen LogP contribution in [0.25, 0.3) is 11.4 Å². The fraction of sp³-hybridized carbons (Fsp3) is 0.286. The molecule has 1 N–H and O–H groups in total. The number of nitrogens with zero attached hydrogens (tertiary/aromatic N) is 3. The van der Waals surface area contributed by atoms with Crippen molar-refractivity contribution in [3.63, 3.8) is 0 Å². The molecule has 1 atom stereocenters. The van der Waals surface area contributed by atoms with Crippen LogP contribution in [0.2, 0.25) is 5.02 Å². The first kappa shape index (κ1) is 21.3. The lowest BCUT2D eigenvalue weighted by atomic mass is 10.2. The number of para-hydroxylation sites is 1. The van der Waals surface area contributed by atoms with Crippen LogP contribution in [0.15, 0.2) is 53.7 Å². The van der Waals surface area contributed by atoms with Crippen molar-refractivity contribution in [3.05, 3.63) is 59.4 Å². The summed E-state index contributed by atoms with van der Waals surface area (Å²) in [6.07, 6.45) is 0. The van der Waals surface area contributed by atoms with E-state index in [1.807, 2.05) is 4.57 Å². The highest BCUT2D eigenvalue weighted by atomic mass is 35.5. The van der Waals surface area contributed by atoms with Crippen LogP contribution in [-0.4, -0.2) is 25.9 Å². The molecule has 0 fully saturated rings. The molecule has 0 radical (unpaired) electrons. The Hall–Kier alpha value is -2.38. The Morgan fingerprint density at radius 3 is 2.52 bits per heavy atom. The van der Waals surface area contributed by atoms with Crippen LogP contribution < -0.4 is 5.32 Å². The number of nitrogens with one attached hydrogen (secondary N) is 1. The lowest BCUT2D eigenvalue weighted by Gasteiger charge is -2.15. The molecule has 1 aromatic heterocycles. The minimum absolute atomic E-state index is 0.199. The van der Waals surface area contributed by atoms with E-state index < -0.39 is 5.25 Å². The van der Waals surface area contributed by atoms with E-state index in [9.17, 15) is 9.18 Å². The number of anilines is 1. The van der Waals surface area contributed by atoms with E-state index in [-0.39, 0.29) is 11.7 Å². The van der Waals surface area contributed by atoms with Crippen molar-refractivity contribution in [2.24, 2.45) is 5.92 Å². The third-order valence-electron chi connectivity index (χ3n) is 4.16. The van der Waals surface area contributed by atoms with Crippen LogP contribution in [0.5, 0.6) is 0 Å². The van der Waals surface area contributed by atoms with E-state index in [1.54, 1.807) is 49.4 Å². The number of carbonyl (C=O) groups is 1. The number of hydrogen-bond donors (Lipinski definition) is 1. The Morgan fingerprint density at radius 2 is 1.83 bits per heavy atom. The molecule has 3 rings (SSSR count). The minimum Gasteiger partial charge on any atom is -0.324 e. The van der Waals surface area contributed by atoms with Crippen molar-refractivity contribution in [1.29, 1.82) is 0 Å². The van der Waals surface area contributed by atoms with E-state index in [4.69, 9.17) is 11.6 Å². The summed E-state index contributed by atoms with van der Waals surface area (Å²) < 4.78 is 16.2. The third-order valence-corrected chi connectivity index (χ3v) is 5.57. The van der Waals surface area contributed by atoms with E-state index in [0.717, 1.165) is 0 Å². The van der Waals surface area contributed by atoms with Gasteiger partial charge in [0.1, 0.15) is 5.82 Å². The smallest absolute Gasteiger partial charge is 0.237 e. The molecule has 0 aliphatic carbocycles. The summed E-state index contributed by atoms with van der Waals surface area (Å²) >= 11 is 7.40. The molecule has 5 nitrogen and oxygen atoms in total. The fourth-order valence-electron chi connectivity index (χ4n) is 2.76. The predicted octanol–water partition coefficient (Wildman–Crippen LogP) is 5.51. The van der Waals surface area contributed by atoms with Gasteiger partial charge in [-0.25, -0.2) is 4.39 Å². The summed E-state index contributed by atoms with van der Waals surface area (Å²) in [5.74, 6) is 0.196. The second-order valence-corrected chi connectivity index (χ2v) is 8.73. The number of rotatable bonds is 7. The van der Waals surface area contributed by atoms with Gasteiger partial charge >= 0.3 is 0 Å². The standard InChI is InChI=1S/C21H22ClFN4OS/c1-13(2)12-27-19(15-8-4-6-10-17(15)23)25-26-21(27)29-14(3)20(28)24-18-11-7-5-9-16(18)22/h4-11,13-14H,12H2,1-3H3,(H,24,28). The van der Waals surface area contributed by atoms with Gasteiger partial charge in [0.15, 0.2) is 11.0 Å². The van der Waals surface area contributed by atoms with Gasteiger partial charge in [0.05, 0.1) is 21.5 Å². The molecule has 1 heterocycles. The lowest BCUT2D eigenvalue weighted by Crippen LogP contribution is -2.23. The number of hydrogen-bond acceptors (Lipinski definition) is 4. The summed E-state index contributed by atoms with van der Waals surface area (Å²) in [4.78, 5) is 12.6. The number of thioether (sulfide) groups is 1. The molecule has 0 saturated carbocycles. The van der Waals surface area contributed by atoms with Crippen molar-refractivity contribution in [3.8, 4) is 11.4 Å². The first-order chi connectivity index (χ1) is 13.9. The summed E-state index contributed by atoms with van der Waals surface area (Å²) in [6, 6.07) is 13.5. The van der Waals surface area contributed by atoms with Gasteiger partial charge in [-0.05, 0) is 37.1 Å². The number of benzene rings is 2. The largest absolute Gasteiger partial charge is 0.324 e. The molecule has 0 saturated heterocycles. The Kier molecular flexibility index (Phi) is 6.92. The zero-order valence-electron chi connectivity index (χ0n) is 16.4.